The number of hydrogen-bond acceptors (Lipinski definition) is 3. The lowest BCUT2D eigenvalue weighted by atomic mass is 10.1. The molecule has 0 fully saturated rings. The van der Waals surface area contributed by atoms with Crippen LogP contribution in [-0.2, 0) is 13.1 Å². The van der Waals surface area contributed by atoms with Crippen molar-refractivity contribution in [3.63, 3.8) is 0 Å². The van der Waals surface area contributed by atoms with E-state index in [2.05, 4.69) is 43.0 Å². The van der Waals surface area contributed by atoms with Crippen molar-refractivity contribution in [3.8, 4) is 0 Å². The van der Waals surface area contributed by atoms with Crippen molar-refractivity contribution >= 4 is 21.4 Å². The summed E-state index contributed by atoms with van der Waals surface area (Å²) in [5.41, 5.74) is 7.45. The Kier molecular flexibility index (Phi) is 6.68. The van der Waals surface area contributed by atoms with Gasteiger partial charge in [0.05, 0.1) is 0 Å². The van der Waals surface area contributed by atoms with Gasteiger partial charge in [-0.1, -0.05) is 44.9 Å². The molecule has 0 aliphatic rings. The predicted molar refractivity (Wildman–Crippen MR) is 94.8 cm³/mol. The third kappa shape index (κ3) is 4.29. The number of rotatable bonds is 9. The van der Waals surface area contributed by atoms with E-state index < -0.39 is 0 Å². The fourth-order valence-corrected chi connectivity index (χ4v) is 3.84. The molecule has 2 nitrogen and oxygen atoms in total. The molecule has 1 aromatic heterocycles. The first-order valence-electron chi connectivity index (χ1n) is 8.21. The summed E-state index contributed by atoms with van der Waals surface area (Å²) in [6, 6.07) is 8.72. The fraction of sp³-hybridized carbons (Fsp3) is 0.556. The Bertz CT molecular complexity index is 539. The van der Waals surface area contributed by atoms with Crippen LogP contribution in [0, 0.1) is 0 Å². The number of benzene rings is 1. The van der Waals surface area contributed by atoms with Crippen LogP contribution in [0.3, 0.4) is 0 Å². The lowest BCUT2D eigenvalue weighted by molar-refractivity contribution is 0.257. The molecule has 0 bridgehead atoms. The van der Waals surface area contributed by atoms with Crippen LogP contribution in [-0.4, -0.2) is 18.0 Å². The van der Waals surface area contributed by atoms with E-state index in [0.717, 1.165) is 6.54 Å². The molecular weight excluding hydrogens is 276 g/mol. The molecule has 0 atom stereocenters. The van der Waals surface area contributed by atoms with E-state index in [9.17, 15) is 0 Å². The molecule has 0 saturated heterocycles. The molecule has 0 radical (unpaired) electrons. The van der Waals surface area contributed by atoms with Crippen molar-refractivity contribution in [2.75, 3.05) is 13.1 Å². The summed E-state index contributed by atoms with van der Waals surface area (Å²) in [7, 11) is 0. The van der Waals surface area contributed by atoms with Crippen LogP contribution in [0.1, 0.15) is 50.0 Å². The standard InChI is InChI=1S/C18H28N2S/c1-3-5-11-20(12-6-4-2)14-16-15-9-7-8-10-17(15)21-18(16)13-19/h7-10H,3-6,11-14,19H2,1-2H3. The van der Waals surface area contributed by atoms with Gasteiger partial charge >= 0.3 is 0 Å². The van der Waals surface area contributed by atoms with Crippen LogP contribution in [0.15, 0.2) is 24.3 Å². The Morgan fingerprint density at radius 3 is 2.33 bits per heavy atom. The summed E-state index contributed by atoms with van der Waals surface area (Å²) >= 11 is 1.86. The van der Waals surface area contributed by atoms with Crippen molar-refractivity contribution < 1.29 is 0 Å². The number of hydrogen-bond donors (Lipinski definition) is 1. The second-order valence-corrected chi connectivity index (χ2v) is 6.82. The average molecular weight is 305 g/mol. The average Bonchev–Trinajstić information content (AvgIpc) is 2.87. The van der Waals surface area contributed by atoms with Crippen LogP contribution in [0.25, 0.3) is 10.1 Å². The van der Waals surface area contributed by atoms with Crippen molar-refractivity contribution in [2.24, 2.45) is 5.73 Å². The lowest BCUT2D eigenvalue weighted by Gasteiger charge is -2.22. The highest BCUT2D eigenvalue weighted by atomic mass is 32.1. The molecule has 2 aromatic rings. The van der Waals surface area contributed by atoms with E-state index in [1.165, 1.54) is 59.3 Å². The Morgan fingerprint density at radius 2 is 1.71 bits per heavy atom. The lowest BCUT2D eigenvalue weighted by Crippen LogP contribution is -2.26. The molecule has 0 saturated carbocycles. The third-order valence-corrected chi connectivity index (χ3v) is 5.24. The molecule has 0 amide bonds. The summed E-state index contributed by atoms with van der Waals surface area (Å²) in [6.07, 6.45) is 5.08. The number of unbranched alkanes of at least 4 members (excludes halogenated alkanes) is 2. The zero-order valence-corrected chi connectivity index (χ0v) is 14.2. The number of thiophene rings is 1. The van der Waals surface area contributed by atoms with Crippen LogP contribution >= 0.6 is 11.3 Å². The predicted octanol–water partition coefficient (Wildman–Crippen LogP) is 4.76. The highest BCUT2D eigenvalue weighted by molar-refractivity contribution is 7.19. The van der Waals surface area contributed by atoms with Crippen LogP contribution in [0.4, 0.5) is 0 Å². The summed E-state index contributed by atoms with van der Waals surface area (Å²) in [5, 5.41) is 1.40. The summed E-state index contributed by atoms with van der Waals surface area (Å²) in [6.45, 7) is 8.64. The zero-order chi connectivity index (χ0) is 15.1. The maximum atomic E-state index is 5.98. The van der Waals surface area contributed by atoms with Crippen LogP contribution in [0.2, 0.25) is 0 Å². The Labute approximate surface area is 133 Å². The normalized spacial score (nSPS) is 11.6. The summed E-state index contributed by atoms with van der Waals surface area (Å²) < 4.78 is 1.37. The van der Waals surface area contributed by atoms with Crippen molar-refractivity contribution in [3.05, 3.63) is 34.7 Å². The van der Waals surface area contributed by atoms with Gasteiger partial charge in [0.15, 0.2) is 0 Å². The fourth-order valence-electron chi connectivity index (χ4n) is 2.74. The van der Waals surface area contributed by atoms with Gasteiger partial charge in [-0.25, -0.2) is 0 Å². The maximum absolute atomic E-state index is 5.98. The molecule has 2 N–H and O–H groups in total. The van der Waals surface area contributed by atoms with E-state index >= 15 is 0 Å². The number of nitrogens with zero attached hydrogens (tertiary/aromatic N) is 1. The molecule has 0 unspecified atom stereocenters. The smallest absolute Gasteiger partial charge is 0.0349 e. The minimum Gasteiger partial charge on any atom is -0.326 e. The van der Waals surface area contributed by atoms with Crippen molar-refractivity contribution in [1.82, 2.24) is 4.90 Å². The van der Waals surface area contributed by atoms with E-state index in [4.69, 9.17) is 5.73 Å². The zero-order valence-electron chi connectivity index (χ0n) is 13.4. The second kappa shape index (κ2) is 8.52. The van der Waals surface area contributed by atoms with Gasteiger partial charge in [0, 0.05) is 22.7 Å². The summed E-state index contributed by atoms with van der Waals surface area (Å²) in [4.78, 5) is 3.97. The molecular formula is C18H28N2S. The van der Waals surface area contributed by atoms with E-state index in [-0.39, 0.29) is 0 Å². The van der Waals surface area contributed by atoms with Gasteiger partial charge in [0.2, 0.25) is 0 Å². The van der Waals surface area contributed by atoms with Crippen molar-refractivity contribution in [1.29, 1.82) is 0 Å². The first-order valence-corrected chi connectivity index (χ1v) is 9.03. The van der Waals surface area contributed by atoms with Crippen LogP contribution in [0.5, 0.6) is 0 Å². The first-order chi connectivity index (χ1) is 10.3. The Hall–Kier alpha value is -0.900. The van der Waals surface area contributed by atoms with E-state index in [1.54, 1.807) is 0 Å². The van der Waals surface area contributed by atoms with Gasteiger partial charge in [-0.3, -0.25) is 4.90 Å². The van der Waals surface area contributed by atoms with E-state index in [0.29, 0.717) is 6.54 Å². The number of nitrogens with two attached hydrogens (primary N) is 1. The molecule has 1 heterocycles. The molecule has 0 aliphatic heterocycles. The molecule has 1 aromatic carbocycles. The largest absolute Gasteiger partial charge is 0.326 e. The van der Waals surface area contributed by atoms with Gasteiger partial charge in [-0.05, 0) is 42.9 Å². The molecule has 3 heteroatoms. The quantitative estimate of drug-likeness (QED) is 0.723. The molecule has 116 valence electrons. The highest BCUT2D eigenvalue weighted by Gasteiger charge is 2.14. The molecule has 0 spiro atoms. The Morgan fingerprint density at radius 1 is 1.05 bits per heavy atom. The van der Waals surface area contributed by atoms with E-state index in [1.807, 2.05) is 11.3 Å². The Balaban J connectivity index is 2.21. The topological polar surface area (TPSA) is 29.3 Å². The second-order valence-electron chi connectivity index (χ2n) is 5.69. The van der Waals surface area contributed by atoms with Gasteiger partial charge < -0.3 is 5.73 Å². The first kappa shape index (κ1) is 16.5. The van der Waals surface area contributed by atoms with Gasteiger partial charge in [0.25, 0.3) is 0 Å². The molecule has 0 aliphatic carbocycles. The third-order valence-electron chi connectivity index (χ3n) is 4.00. The monoisotopic (exact) mass is 304 g/mol. The van der Waals surface area contributed by atoms with Crippen LogP contribution < -0.4 is 5.73 Å². The van der Waals surface area contributed by atoms with Gasteiger partial charge in [-0.15, -0.1) is 11.3 Å². The molecule has 2 rings (SSSR count). The number of fused-ring (bicyclic) bond motifs is 1. The molecule has 21 heavy (non-hydrogen) atoms. The van der Waals surface area contributed by atoms with Gasteiger partial charge in [0.1, 0.15) is 0 Å². The highest BCUT2D eigenvalue weighted by Crippen LogP contribution is 2.32. The SMILES string of the molecule is CCCCN(CCCC)Cc1c(CN)sc2ccccc12. The summed E-state index contributed by atoms with van der Waals surface area (Å²) in [5.74, 6) is 0. The minimum absolute atomic E-state index is 0.657. The maximum Gasteiger partial charge on any atom is 0.0349 e. The van der Waals surface area contributed by atoms with Gasteiger partial charge in [-0.2, -0.15) is 0 Å². The minimum atomic E-state index is 0.657. The van der Waals surface area contributed by atoms with Crippen molar-refractivity contribution in [2.45, 2.75) is 52.6 Å².